The van der Waals surface area contributed by atoms with E-state index < -0.39 is 21.4 Å². The number of benzene rings is 1. The fraction of sp³-hybridized carbons (Fsp3) is 0.455. The monoisotopic (exact) mass is 276 g/mol. The molecule has 0 bridgehead atoms. The summed E-state index contributed by atoms with van der Waals surface area (Å²) in [5.41, 5.74) is 4.32. The number of nitrogens with zero attached hydrogens (tertiary/aromatic N) is 1. The molecule has 0 aliphatic heterocycles. The maximum absolute atomic E-state index is 13.1. The molecule has 102 valence electrons. The Labute approximate surface area is 106 Å². The number of nitrogen functional groups attached to an aromatic ring is 1. The molecule has 1 aromatic rings. The highest BCUT2D eigenvalue weighted by atomic mass is 32.2. The number of nitrogens with two attached hydrogens (primary N) is 1. The number of likely N-dealkylation sites (N-methyl/N-ethyl adjacent to an activating group) is 1. The summed E-state index contributed by atoms with van der Waals surface area (Å²) < 4.78 is 38.3. The van der Waals surface area contributed by atoms with Gasteiger partial charge in [0.25, 0.3) is 0 Å². The van der Waals surface area contributed by atoms with Gasteiger partial charge in [-0.3, -0.25) is 0 Å². The first-order valence-electron chi connectivity index (χ1n) is 5.28. The standard InChI is InChI=1S/C11H17FN2O3S/c1-11(2,15)7-14(3)18(16,17)10-6-8(12)4-5-9(10)13/h4-6,15H,7,13H2,1-3H3. The van der Waals surface area contributed by atoms with Crippen molar-refractivity contribution in [3.63, 3.8) is 0 Å². The van der Waals surface area contributed by atoms with Crippen LogP contribution in [0.4, 0.5) is 10.1 Å². The van der Waals surface area contributed by atoms with Gasteiger partial charge < -0.3 is 10.8 Å². The van der Waals surface area contributed by atoms with Crippen LogP contribution in [0.2, 0.25) is 0 Å². The lowest BCUT2D eigenvalue weighted by molar-refractivity contribution is 0.0640. The highest BCUT2D eigenvalue weighted by Crippen LogP contribution is 2.23. The zero-order valence-electron chi connectivity index (χ0n) is 10.5. The molecule has 0 aliphatic rings. The summed E-state index contributed by atoms with van der Waals surface area (Å²) in [6, 6.07) is 3.15. The van der Waals surface area contributed by atoms with Gasteiger partial charge in [-0.25, -0.2) is 12.8 Å². The number of hydrogen-bond donors (Lipinski definition) is 2. The minimum absolute atomic E-state index is 0.0287. The Bertz CT molecular complexity index is 538. The van der Waals surface area contributed by atoms with Crippen molar-refractivity contribution in [2.75, 3.05) is 19.3 Å². The maximum atomic E-state index is 13.1. The molecule has 0 radical (unpaired) electrons. The van der Waals surface area contributed by atoms with Crippen molar-refractivity contribution < 1.29 is 17.9 Å². The predicted molar refractivity (Wildman–Crippen MR) is 66.9 cm³/mol. The zero-order valence-corrected chi connectivity index (χ0v) is 11.3. The van der Waals surface area contributed by atoms with E-state index in [-0.39, 0.29) is 17.1 Å². The predicted octanol–water partition coefficient (Wildman–Crippen LogP) is 0.799. The first kappa shape index (κ1) is 14.9. The number of halogens is 1. The molecule has 0 saturated heterocycles. The van der Waals surface area contributed by atoms with Gasteiger partial charge in [0.15, 0.2) is 0 Å². The lowest BCUT2D eigenvalue weighted by atomic mass is 10.1. The van der Waals surface area contributed by atoms with Gasteiger partial charge in [0.05, 0.1) is 11.3 Å². The summed E-state index contributed by atoms with van der Waals surface area (Å²) in [5, 5.41) is 9.61. The van der Waals surface area contributed by atoms with Crippen LogP contribution in [0.1, 0.15) is 13.8 Å². The molecule has 0 aliphatic carbocycles. The van der Waals surface area contributed by atoms with Crippen LogP contribution in [-0.2, 0) is 10.0 Å². The Balaban J connectivity index is 3.17. The largest absolute Gasteiger partial charge is 0.398 e. The van der Waals surface area contributed by atoms with E-state index in [1.54, 1.807) is 0 Å². The third kappa shape index (κ3) is 3.41. The summed E-state index contributed by atoms with van der Waals surface area (Å²) >= 11 is 0. The summed E-state index contributed by atoms with van der Waals surface area (Å²) in [5.74, 6) is -0.681. The number of rotatable bonds is 4. The van der Waals surface area contributed by atoms with Crippen LogP contribution in [0.5, 0.6) is 0 Å². The van der Waals surface area contributed by atoms with E-state index in [0.29, 0.717) is 0 Å². The summed E-state index contributed by atoms with van der Waals surface area (Å²) in [6.07, 6.45) is 0. The van der Waals surface area contributed by atoms with E-state index in [9.17, 15) is 17.9 Å². The second kappa shape index (κ2) is 4.83. The van der Waals surface area contributed by atoms with Crippen LogP contribution in [0, 0.1) is 5.82 Å². The summed E-state index contributed by atoms with van der Waals surface area (Å²) in [4.78, 5) is -0.297. The van der Waals surface area contributed by atoms with Gasteiger partial charge in [-0.15, -0.1) is 0 Å². The first-order chi connectivity index (χ1) is 8.04. The Morgan fingerprint density at radius 2 is 2.00 bits per heavy atom. The third-order valence-corrected chi connectivity index (χ3v) is 4.13. The smallest absolute Gasteiger partial charge is 0.245 e. The Morgan fingerprint density at radius 3 is 2.50 bits per heavy atom. The third-order valence-electron chi connectivity index (χ3n) is 2.27. The first-order valence-corrected chi connectivity index (χ1v) is 6.72. The fourth-order valence-corrected chi connectivity index (χ4v) is 2.98. The van der Waals surface area contributed by atoms with Gasteiger partial charge >= 0.3 is 0 Å². The molecule has 3 N–H and O–H groups in total. The molecular weight excluding hydrogens is 259 g/mol. The molecule has 5 nitrogen and oxygen atoms in total. The molecule has 0 aromatic heterocycles. The number of sulfonamides is 1. The minimum atomic E-state index is -3.92. The van der Waals surface area contributed by atoms with Gasteiger partial charge in [-0.2, -0.15) is 4.31 Å². The van der Waals surface area contributed by atoms with E-state index in [4.69, 9.17) is 5.73 Å². The molecule has 7 heteroatoms. The number of aliphatic hydroxyl groups is 1. The van der Waals surface area contributed by atoms with Crippen LogP contribution in [0.25, 0.3) is 0 Å². The Hall–Kier alpha value is -1.18. The highest BCUT2D eigenvalue weighted by Gasteiger charge is 2.28. The average Bonchev–Trinajstić information content (AvgIpc) is 2.19. The van der Waals surface area contributed by atoms with Crippen molar-refractivity contribution in [2.45, 2.75) is 24.3 Å². The topological polar surface area (TPSA) is 83.6 Å². The van der Waals surface area contributed by atoms with Crippen molar-refractivity contribution >= 4 is 15.7 Å². The van der Waals surface area contributed by atoms with Crippen molar-refractivity contribution in [1.82, 2.24) is 4.31 Å². The van der Waals surface area contributed by atoms with E-state index in [1.165, 1.54) is 27.0 Å². The van der Waals surface area contributed by atoms with Crippen LogP contribution < -0.4 is 5.73 Å². The molecule has 0 unspecified atom stereocenters. The maximum Gasteiger partial charge on any atom is 0.245 e. The molecule has 1 rings (SSSR count). The van der Waals surface area contributed by atoms with Crippen LogP contribution in [0.3, 0.4) is 0 Å². The fourth-order valence-electron chi connectivity index (χ4n) is 1.53. The quantitative estimate of drug-likeness (QED) is 0.797. The van der Waals surface area contributed by atoms with E-state index >= 15 is 0 Å². The average molecular weight is 276 g/mol. The Morgan fingerprint density at radius 1 is 1.44 bits per heavy atom. The van der Waals surface area contributed by atoms with Gasteiger partial charge in [-0.1, -0.05) is 0 Å². The minimum Gasteiger partial charge on any atom is -0.398 e. The molecule has 0 spiro atoms. The van der Waals surface area contributed by atoms with Crippen molar-refractivity contribution in [3.8, 4) is 0 Å². The second-order valence-corrected chi connectivity index (χ2v) is 6.77. The lowest BCUT2D eigenvalue weighted by Crippen LogP contribution is -2.39. The van der Waals surface area contributed by atoms with E-state index in [1.807, 2.05) is 0 Å². The van der Waals surface area contributed by atoms with E-state index in [0.717, 1.165) is 16.4 Å². The van der Waals surface area contributed by atoms with Crippen LogP contribution in [-0.4, -0.2) is 37.0 Å². The molecule has 0 fully saturated rings. The van der Waals surface area contributed by atoms with Gasteiger partial charge in [0.2, 0.25) is 10.0 Å². The molecule has 0 saturated carbocycles. The molecule has 1 aromatic carbocycles. The molecule has 0 amide bonds. The van der Waals surface area contributed by atoms with Crippen molar-refractivity contribution in [1.29, 1.82) is 0 Å². The van der Waals surface area contributed by atoms with Crippen LogP contribution in [0.15, 0.2) is 23.1 Å². The van der Waals surface area contributed by atoms with Crippen molar-refractivity contribution in [2.24, 2.45) is 0 Å². The normalized spacial score (nSPS) is 13.0. The lowest BCUT2D eigenvalue weighted by Gasteiger charge is -2.25. The molecule has 0 atom stereocenters. The summed E-state index contributed by atoms with van der Waals surface area (Å²) in [6.45, 7) is 2.84. The van der Waals surface area contributed by atoms with Crippen molar-refractivity contribution in [3.05, 3.63) is 24.0 Å². The Kier molecular flexibility index (Phi) is 3.99. The van der Waals surface area contributed by atoms with E-state index in [2.05, 4.69) is 0 Å². The molecule has 18 heavy (non-hydrogen) atoms. The molecular formula is C11H17FN2O3S. The van der Waals surface area contributed by atoms with Gasteiger partial charge in [0, 0.05) is 13.6 Å². The van der Waals surface area contributed by atoms with Gasteiger partial charge in [0.1, 0.15) is 10.7 Å². The zero-order chi connectivity index (χ0) is 14.1. The SMILES string of the molecule is CN(CC(C)(C)O)S(=O)(=O)c1cc(F)ccc1N. The highest BCUT2D eigenvalue weighted by molar-refractivity contribution is 7.89. The summed E-state index contributed by atoms with van der Waals surface area (Å²) in [7, 11) is -2.61. The second-order valence-electron chi connectivity index (χ2n) is 4.76. The number of anilines is 1. The molecule has 0 heterocycles. The van der Waals surface area contributed by atoms with Crippen LogP contribution >= 0.6 is 0 Å². The number of hydrogen-bond acceptors (Lipinski definition) is 4. The van der Waals surface area contributed by atoms with Gasteiger partial charge in [-0.05, 0) is 32.0 Å².